The molecule has 78 heavy (non-hydrogen) atoms. The fourth-order valence-electron chi connectivity index (χ4n) is 9.80. The van der Waals surface area contributed by atoms with Gasteiger partial charge in [-0.15, -0.1) is 0 Å². The van der Waals surface area contributed by atoms with E-state index in [0.29, 0.717) is 12.8 Å². The highest BCUT2D eigenvalue weighted by Gasteiger charge is 2.47. The van der Waals surface area contributed by atoms with Crippen LogP contribution in [-0.4, -0.2) is 99.6 Å². The topological polar surface area (TPSA) is 175 Å². The molecular weight excluding hydrogens is 979 g/mol. The predicted molar refractivity (Wildman–Crippen MR) is 324 cm³/mol. The third kappa shape index (κ3) is 42.0. The van der Waals surface area contributed by atoms with Crippen LogP contribution in [-0.2, 0) is 23.8 Å². The summed E-state index contributed by atoms with van der Waals surface area (Å²) in [5, 5.41) is 56.9. The van der Waals surface area contributed by atoms with E-state index in [1.807, 2.05) is 30.4 Å². The molecule has 1 aliphatic heterocycles. The van der Waals surface area contributed by atoms with E-state index < -0.39 is 67.4 Å². The van der Waals surface area contributed by atoms with Gasteiger partial charge in [0.15, 0.2) is 12.4 Å². The molecule has 0 aromatic carbocycles. The molecule has 8 unspecified atom stereocenters. The molecule has 1 aliphatic rings. The van der Waals surface area contributed by atoms with Crippen molar-refractivity contribution in [2.75, 3.05) is 13.2 Å². The number of carbonyl (C=O) groups excluding carboxylic acids is 2. The normalized spacial score (nSPS) is 19.4. The van der Waals surface area contributed by atoms with Crippen molar-refractivity contribution in [1.82, 2.24) is 5.32 Å². The number of amides is 1. The van der Waals surface area contributed by atoms with Crippen LogP contribution < -0.4 is 5.32 Å². The van der Waals surface area contributed by atoms with Gasteiger partial charge in [-0.3, -0.25) is 9.59 Å². The maximum absolute atomic E-state index is 13.4. The van der Waals surface area contributed by atoms with Crippen LogP contribution in [0, 0.1) is 0 Å². The van der Waals surface area contributed by atoms with Crippen LogP contribution in [0.25, 0.3) is 0 Å². The van der Waals surface area contributed by atoms with E-state index in [0.717, 1.165) is 77.0 Å². The number of allylic oxidation sites excluding steroid dienone is 11. The Bertz CT molecular complexity index is 1540. The highest BCUT2D eigenvalue weighted by molar-refractivity contribution is 5.80. The lowest BCUT2D eigenvalue weighted by molar-refractivity contribution is -0.305. The van der Waals surface area contributed by atoms with Crippen molar-refractivity contribution < 1.29 is 49.3 Å². The number of rotatable bonds is 54. The van der Waals surface area contributed by atoms with Gasteiger partial charge >= 0.3 is 5.97 Å². The van der Waals surface area contributed by atoms with E-state index in [4.69, 9.17) is 14.2 Å². The molecule has 11 nitrogen and oxygen atoms in total. The number of ether oxygens (including phenoxy) is 3. The summed E-state index contributed by atoms with van der Waals surface area (Å²) in [6.07, 6.45) is 59.6. The smallest absolute Gasteiger partial charge is 0.306 e. The lowest BCUT2D eigenvalue weighted by Crippen LogP contribution is -2.61. The minimum absolute atomic E-state index is 0.120. The Morgan fingerprint density at radius 2 is 0.974 bits per heavy atom. The maximum Gasteiger partial charge on any atom is 0.306 e. The number of hydrogen-bond acceptors (Lipinski definition) is 10. The van der Waals surface area contributed by atoms with Crippen molar-refractivity contribution >= 4 is 11.9 Å². The van der Waals surface area contributed by atoms with Crippen LogP contribution in [0.15, 0.2) is 72.9 Å². The number of nitrogens with one attached hydrogen (secondary N) is 1. The molecule has 1 fully saturated rings. The van der Waals surface area contributed by atoms with Crippen molar-refractivity contribution in [3.8, 4) is 0 Å². The second-order valence-electron chi connectivity index (χ2n) is 22.2. The first-order chi connectivity index (χ1) is 38.2. The van der Waals surface area contributed by atoms with Gasteiger partial charge in [-0.05, 0) is 77.0 Å². The molecule has 0 radical (unpaired) electrons. The van der Waals surface area contributed by atoms with Crippen LogP contribution in [0.4, 0.5) is 0 Å². The molecule has 452 valence electrons. The van der Waals surface area contributed by atoms with Gasteiger partial charge in [0, 0.05) is 6.42 Å². The Balaban J connectivity index is 2.58. The van der Waals surface area contributed by atoms with Gasteiger partial charge in [0.25, 0.3) is 0 Å². The molecule has 0 spiro atoms. The number of aliphatic hydroxyl groups excluding tert-OH is 5. The van der Waals surface area contributed by atoms with E-state index in [1.165, 1.54) is 154 Å². The molecule has 0 bridgehead atoms. The first kappa shape index (κ1) is 73.1. The van der Waals surface area contributed by atoms with Gasteiger partial charge in [0.2, 0.25) is 5.91 Å². The molecule has 0 saturated carbocycles. The third-order valence-electron chi connectivity index (χ3n) is 14.9. The Morgan fingerprint density at radius 1 is 0.526 bits per heavy atom. The van der Waals surface area contributed by atoms with Crippen molar-refractivity contribution in [1.29, 1.82) is 0 Å². The van der Waals surface area contributed by atoms with Crippen LogP contribution >= 0.6 is 0 Å². The largest absolute Gasteiger partial charge is 0.454 e. The standard InChI is InChI=1S/C67H119NO10/c1-4-7-10-13-16-19-22-25-26-27-28-29-30-31-32-33-34-35-36-37-40-43-46-49-52-55-62(72)78-65-64(74)63(73)61(56-69)77-67(65)76-57-58(59(70)53-50-47-44-41-38-23-20-17-14-11-8-5-2)68-66(75)60(71)54-51-48-45-42-39-24-21-18-15-12-9-6-3/h9,12,15-16,18-19,21,24-26,50,53,58-61,63-65,67,69-71,73-74H,4-8,10-11,13-14,17,20,22-23,27-49,51-52,54-57H2,1-3H3,(H,68,75)/b12-9+,18-15+,19-16-,24-21-,26-25-,53-50+. The zero-order valence-corrected chi connectivity index (χ0v) is 50.0. The average Bonchev–Trinajstić information content (AvgIpc) is 3.45. The minimum atomic E-state index is -1.62. The number of esters is 1. The van der Waals surface area contributed by atoms with Gasteiger partial charge in [0.1, 0.15) is 24.4 Å². The average molecular weight is 1100 g/mol. The van der Waals surface area contributed by atoms with E-state index in [-0.39, 0.29) is 19.4 Å². The molecular formula is C67H119NO10. The molecule has 1 saturated heterocycles. The van der Waals surface area contributed by atoms with E-state index in [2.05, 4.69) is 62.5 Å². The van der Waals surface area contributed by atoms with Crippen LogP contribution in [0.3, 0.4) is 0 Å². The molecule has 1 heterocycles. The van der Waals surface area contributed by atoms with E-state index >= 15 is 0 Å². The number of hydrogen-bond donors (Lipinski definition) is 6. The number of aliphatic hydroxyl groups is 5. The quantitative estimate of drug-likeness (QED) is 0.0149. The summed E-state index contributed by atoms with van der Waals surface area (Å²) in [5.41, 5.74) is 0. The third-order valence-corrected chi connectivity index (χ3v) is 14.9. The highest BCUT2D eigenvalue weighted by atomic mass is 16.7. The number of carbonyl (C=O) groups is 2. The summed E-state index contributed by atoms with van der Waals surface area (Å²) in [6, 6.07) is -1.04. The Labute approximate surface area is 477 Å². The molecule has 0 aromatic heterocycles. The van der Waals surface area contributed by atoms with Gasteiger partial charge in [-0.1, -0.05) is 267 Å². The summed E-state index contributed by atoms with van der Waals surface area (Å²) in [4.78, 5) is 26.5. The van der Waals surface area contributed by atoms with E-state index in [9.17, 15) is 35.1 Å². The number of unbranched alkanes of at least 4 members (excludes halogenated alkanes) is 32. The van der Waals surface area contributed by atoms with Gasteiger partial charge < -0.3 is 45.1 Å². The lowest BCUT2D eigenvalue weighted by Gasteiger charge is -2.41. The maximum atomic E-state index is 13.4. The fourth-order valence-corrected chi connectivity index (χ4v) is 9.80. The van der Waals surface area contributed by atoms with Gasteiger partial charge in [0.05, 0.1) is 25.4 Å². The van der Waals surface area contributed by atoms with Crippen molar-refractivity contribution in [2.24, 2.45) is 0 Å². The second-order valence-corrected chi connectivity index (χ2v) is 22.2. The summed E-state index contributed by atoms with van der Waals surface area (Å²) < 4.78 is 17.6. The zero-order chi connectivity index (χ0) is 56.8. The first-order valence-corrected chi connectivity index (χ1v) is 32.2. The molecule has 6 N–H and O–H groups in total. The zero-order valence-electron chi connectivity index (χ0n) is 50.0. The molecule has 0 aliphatic carbocycles. The summed E-state index contributed by atoms with van der Waals surface area (Å²) >= 11 is 0. The first-order valence-electron chi connectivity index (χ1n) is 32.2. The molecule has 1 rings (SSSR count). The predicted octanol–water partition coefficient (Wildman–Crippen LogP) is 15.6. The Hall–Kier alpha value is -2.90. The van der Waals surface area contributed by atoms with E-state index in [1.54, 1.807) is 6.08 Å². The van der Waals surface area contributed by atoms with Crippen molar-refractivity contribution in [2.45, 2.75) is 327 Å². The van der Waals surface area contributed by atoms with Crippen LogP contribution in [0.5, 0.6) is 0 Å². The second kappa shape index (κ2) is 54.7. The van der Waals surface area contributed by atoms with Gasteiger partial charge in [-0.25, -0.2) is 0 Å². The fraction of sp³-hybridized carbons (Fsp3) is 0.791. The van der Waals surface area contributed by atoms with Crippen molar-refractivity contribution in [3.05, 3.63) is 72.9 Å². The van der Waals surface area contributed by atoms with Gasteiger partial charge in [-0.2, -0.15) is 0 Å². The SMILES string of the molecule is CC/C=C/C=C/C=C\CCCCCCC(O)C(=O)NC(COC1OC(CO)C(O)C(O)C1OC(=O)CCCCCCCCCCCCCCCCC/C=C\C/C=C\CCCCC)C(O)/C=C/CCCCCCCCCCCC. The molecule has 8 atom stereocenters. The highest BCUT2D eigenvalue weighted by Crippen LogP contribution is 2.26. The molecule has 11 heteroatoms. The summed E-state index contributed by atoms with van der Waals surface area (Å²) in [7, 11) is 0. The minimum Gasteiger partial charge on any atom is -0.454 e. The van der Waals surface area contributed by atoms with Crippen LogP contribution in [0.2, 0.25) is 0 Å². The molecule has 0 aromatic rings. The monoisotopic (exact) mass is 1100 g/mol. The van der Waals surface area contributed by atoms with Crippen molar-refractivity contribution in [3.63, 3.8) is 0 Å². The Kier molecular flexibility index (Phi) is 51.3. The summed E-state index contributed by atoms with van der Waals surface area (Å²) in [5.74, 6) is -1.21. The van der Waals surface area contributed by atoms with Crippen LogP contribution in [0.1, 0.15) is 278 Å². The molecule has 1 amide bonds. The summed E-state index contributed by atoms with van der Waals surface area (Å²) in [6.45, 7) is 5.62. The Morgan fingerprint density at radius 3 is 1.50 bits per heavy atom. The lowest BCUT2D eigenvalue weighted by atomic mass is 9.99.